The molecule has 80 valence electrons. The second-order valence-electron chi connectivity index (χ2n) is 4.82. The number of nitrogens with one attached hydrogen (secondary N) is 1. The Morgan fingerprint density at radius 3 is 2.27 bits per heavy atom. The summed E-state index contributed by atoms with van der Waals surface area (Å²) in [5.74, 6) is 1.59. The van der Waals surface area contributed by atoms with E-state index in [1.54, 1.807) is 12.1 Å². The smallest absolute Gasteiger partial charge is 0.182 e. The van der Waals surface area contributed by atoms with Crippen LogP contribution < -0.4 is 10.7 Å². The standard InChI is InChI=1S/C12H16N2O/c1-7-3-9(15)4-8(2)14(7)12-10-5-13-6-11(10)12/h3-4,10-13H,5-6H2,1-2H3. The second-order valence-corrected chi connectivity index (χ2v) is 4.82. The monoisotopic (exact) mass is 204 g/mol. The van der Waals surface area contributed by atoms with Gasteiger partial charge in [0, 0.05) is 42.7 Å². The number of rotatable bonds is 1. The average molecular weight is 204 g/mol. The van der Waals surface area contributed by atoms with Gasteiger partial charge in [0.25, 0.3) is 0 Å². The van der Waals surface area contributed by atoms with E-state index in [1.807, 2.05) is 13.8 Å². The van der Waals surface area contributed by atoms with Gasteiger partial charge in [-0.3, -0.25) is 4.79 Å². The van der Waals surface area contributed by atoms with Gasteiger partial charge in [0.1, 0.15) is 0 Å². The quantitative estimate of drug-likeness (QED) is 0.736. The maximum absolute atomic E-state index is 11.3. The highest BCUT2D eigenvalue weighted by Gasteiger charge is 2.54. The molecule has 2 unspecified atom stereocenters. The van der Waals surface area contributed by atoms with Crippen LogP contribution in [0, 0.1) is 25.7 Å². The van der Waals surface area contributed by atoms with Crippen molar-refractivity contribution < 1.29 is 0 Å². The van der Waals surface area contributed by atoms with Crippen LogP contribution in [0.1, 0.15) is 17.4 Å². The maximum Gasteiger partial charge on any atom is 0.182 e. The molecule has 0 radical (unpaired) electrons. The molecule has 1 aromatic heterocycles. The highest BCUT2D eigenvalue weighted by Crippen LogP contribution is 2.53. The van der Waals surface area contributed by atoms with Crippen molar-refractivity contribution in [3.63, 3.8) is 0 Å². The van der Waals surface area contributed by atoms with Crippen molar-refractivity contribution in [2.45, 2.75) is 19.9 Å². The Bertz CT molecular complexity index is 427. The van der Waals surface area contributed by atoms with Gasteiger partial charge in [0.05, 0.1) is 0 Å². The second kappa shape index (κ2) is 2.95. The first kappa shape index (κ1) is 9.16. The van der Waals surface area contributed by atoms with Crippen LogP contribution in [0.5, 0.6) is 0 Å². The molecule has 0 bridgehead atoms. The fourth-order valence-electron chi connectivity index (χ4n) is 3.11. The summed E-state index contributed by atoms with van der Waals surface area (Å²) in [7, 11) is 0. The molecule has 1 saturated carbocycles. The molecule has 3 heteroatoms. The van der Waals surface area contributed by atoms with E-state index in [4.69, 9.17) is 0 Å². The number of pyridine rings is 1. The molecule has 1 aliphatic carbocycles. The van der Waals surface area contributed by atoms with Gasteiger partial charge in [0.15, 0.2) is 5.43 Å². The van der Waals surface area contributed by atoms with E-state index < -0.39 is 0 Å². The minimum absolute atomic E-state index is 0.130. The predicted molar refractivity (Wildman–Crippen MR) is 59.1 cm³/mol. The molecule has 1 saturated heterocycles. The van der Waals surface area contributed by atoms with E-state index >= 15 is 0 Å². The Labute approximate surface area is 89.1 Å². The number of fused-ring (bicyclic) bond motifs is 1. The highest BCUT2D eigenvalue weighted by atomic mass is 16.1. The lowest BCUT2D eigenvalue weighted by molar-refractivity contribution is 0.546. The van der Waals surface area contributed by atoms with Gasteiger partial charge in [0.2, 0.25) is 0 Å². The topological polar surface area (TPSA) is 34.0 Å². The average Bonchev–Trinajstić information content (AvgIpc) is 2.63. The SMILES string of the molecule is Cc1cc(=O)cc(C)n1C1C2CNCC21. The summed E-state index contributed by atoms with van der Waals surface area (Å²) in [6, 6.07) is 4.13. The molecule has 0 aromatic carbocycles. The van der Waals surface area contributed by atoms with Crippen molar-refractivity contribution in [3.05, 3.63) is 33.7 Å². The maximum atomic E-state index is 11.3. The Hall–Kier alpha value is -1.09. The van der Waals surface area contributed by atoms with Crippen molar-refractivity contribution in [1.82, 2.24) is 9.88 Å². The van der Waals surface area contributed by atoms with E-state index in [2.05, 4.69) is 9.88 Å². The zero-order chi connectivity index (χ0) is 10.6. The third-order valence-electron chi connectivity index (χ3n) is 3.81. The normalized spacial score (nSPS) is 32.8. The van der Waals surface area contributed by atoms with Crippen molar-refractivity contribution in [1.29, 1.82) is 0 Å². The van der Waals surface area contributed by atoms with Gasteiger partial charge in [-0.15, -0.1) is 0 Å². The Kier molecular flexibility index (Phi) is 1.80. The number of hydrogen-bond acceptors (Lipinski definition) is 2. The number of nitrogens with zero attached hydrogens (tertiary/aromatic N) is 1. The molecule has 2 heterocycles. The van der Waals surface area contributed by atoms with Gasteiger partial charge < -0.3 is 9.88 Å². The number of piperidine rings is 1. The molecule has 2 atom stereocenters. The Morgan fingerprint density at radius 1 is 1.20 bits per heavy atom. The first-order valence-electron chi connectivity index (χ1n) is 5.59. The highest BCUT2D eigenvalue weighted by molar-refractivity contribution is 5.20. The predicted octanol–water partition coefficient (Wildman–Crippen LogP) is 0.855. The Balaban J connectivity index is 2.02. The first-order valence-corrected chi connectivity index (χ1v) is 5.59. The van der Waals surface area contributed by atoms with Crippen LogP contribution in [0.3, 0.4) is 0 Å². The number of hydrogen-bond donors (Lipinski definition) is 1. The summed E-state index contributed by atoms with van der Waals surface area (Å²) < 4.78 is 2.34. The van der Waals surface area contributed by atoms with E-state index in [1.165, 1.54) is 0 Å². The molecule has 15 heavy (non-hydrogen) atoms. The van der Waals surface area contributed by atoms with Crippen molar-refractivity contribution >= 4 is 0 Å². The zero-order valence-electron chi connectivity index (χ0n) is 9.16. The lowest BCUT2D eigenvalue weighted by Gasteiger charge is -2.16. The fourth-order valence-corrected chi connectivity index (χ4v) is 3.11. The zero-order valence-corrected chi connectivity index (χ0v) is 9.16. The third kappa shape index (κ3) is 1.26. The van der Waals surface area contributed by atoms with E-state index in [0.717, 1.165) is 36.3 Å². The van der Waals surface area contributed by atoms with Crippen molar-refractivity contribution in [2.24, 2.45) is 11.8 Å². The van der Waals surface area contributed by atoms with E-state index in [9.17, 15) is 4.79 Å². The summed E-state index contributed by atoms with van der Waals surface area (Å²) in [5.41, 5.74) is 2.35. The number of aryl methyl sites for hydroxylation is 2. The lowest BCUT2D eigenvalue weighted by Crippen LogP contribution is -2.20. The molecule has 2 aliphatic rings. The summed E-state index contributed by atoms with van der Waals surface area (Å²) in [5, 5.41) is 3.40. The van der Waals surface area contributed by atoms with Crippen molar-refractivity contribution in [3.8, 4) is 0 Å². The fraction of sp³-hybridized carbons (Fsp3) is 0.583. The molecule has 1 aromatic rings. The van der Waals surface area contributed by atoms with Crippen molar-refractivity contribution in [2.75, 3.05) is 13.1 Å². The van der Waals surface area contributed by atoms with E-state index in [-0.39, 0.29) is 5.43 Å². The van der Waals surface area contributed by atoms with Crippen LogP contribution in [0.2, 0.25) is 0 Å². The van der Waals surface area contributed by atoms with Gasteiger partial charge in [-0.25, -0.2) is 0 Å². The molecule has 0 spiro atoms. The molecule has 1 N–H and O–H groups in total. The van der Waals surface area contributed by atoms with Crippen LogP contribution >= 0.6 is 0 Å². The van der Waals surface area contributed by atoms with Gasteiger partial charge in [-0.2, -0.15) is 0 Å². The van der Waals surface area contributed by atoms with Crippen LogP contribution in [0.4, 0.5) is 0 Å². The molecule has 2 fully saturated rings. The van der Waals surface area contributed by atoms with Crippen LogP contribution in [-0.4, -0.2) is 17.7 Å². The molecular weight excluding hydrogens is 188 g/mol. The molecule has 0 amide bonds. The summed E-state index contributed by atoms with van der Waals surface area (Å²) in [4.78, 5) is 11.3. The molecular formula is C12H16N2O. The third-order valence-corrected chi connectivity index (χ3v) is 3.81. The summed E-state index contributed by atoms with van der Waals surface area (Å²) in [6.07, 6.45) is 0. The minimum Gasteiger partial charge on any atom is -0.345 e. The van der Waals surface area contributed by atoms with Crippen LogP contribution in [0.25, 0.3) is 0 Å². The first-order chi connectivity index (χ1) is 7.18. The van der Waals surface area contributed by atoms with Gasteiger partial charge >= 0.3 is 0 Å². The molecule has 3 rings (SSSR count). The van der Waals surface area contributed by atoms with Gasteiger partial charge in [-0.1, -0.05) is 0 Å². The minimum atomic E-state index is 0.130. The lowest BCUT2D eigenvalue weighted by atomic mass is 10.2. The Morgan fingerprint density at radius 2 is 1.73 bits per heavy atom. The van der Waals surface area contributed by atoms with E-state index in [0.29, 0.717) is 6.04 Å². The van der Waals surface area contributed by atoms with Crippen LogP contribution in [0.15, 0.2) is 16.9 Å². The van der Waals surface area contributed by atoms with Gasteiger partial charge in [-0.05, 0) is 25.7 Å². The summed E-state index contributed by atoms with van der Waals surface area (Å²) in [6.45, 7) is 6.35. The van der Waals surface area contributed by atoms with Crippen LogP contribution in [-0.2, 0) is 0 Å². The number of aromatic nitrogens is 1. The molecule has 3 nitrogen and oxygen atoms in total. The molecule has 1 aliphatic heterocycles. The summed E-state index contributed by atoms with van der Waals surface area (Å²) >= 11 is 0. The largest absolute Gasteiger partial charge is 0.345 e.